The number of rotatable bonds is 4. The minimum absolute atomic E-state index is 0.453. The van der Waals surface area contributed by atoms with Crippen molar-refractivity contribution >= 4 is 6.72 Å². The Labute approximate surface area is 82.3 Å². The zero-order valence-electron chi connectivity index (χ0n) is 9.46. The molecule has 0 rings (SSSR count). The number of nitrogens with zero attached hydrogens (tertiary/aromatic N) is 1. The minimum Gasteiger partial charge on any atom is -0.269 e. The van der Waals surface area contributed by atoms with E-state index in [9.17, 15) is 0 Å². The van der Waals surface area contributed by atoms with E-state index in [4.69, 9.17) is 0 Å². The van der Waals surface area contributed by atoms with Crippen molar-refractivity contribution in [2.24, 2.45) is 16.8 Å². The Morgan fingerprint density at radius 2 is 1.62 bits per heavy atom. The lowest BCUT2D eigenvalue weighted by Crippen LogP contribution is -1.91. The second kappa shape index (κ2) is 5.74. The summed E-state index contributed by atoms with van der Waals surface area (Å²) in [5.41, 5.74) is 2.43. The van der Waals surface area contributed by atoms with Gasteiger partial charge in [0.1, 0.15) is 0 Å². The minimum atomic E-state index is 0.453. The number of hydrogen-bond donors (Lipinski definition) is 0. The van der Waals surface area contributed by atoms with Crippen LogP contribution in [-0.2, 0) is 0 Å². The standard InChI is InChI=1S/C12H21N/c1-9(2)11(5)7-8-12(13-6)10(3)4/h7-10H,6H2,1-5H3/b11-7+,12-8-. The lowest BCUT2D eigenvalue weighted by molar-refractivity contribution is 0.754. The first kappa shape index (κ1) is 12.2. The van der Waals surface area contributed by atoms with Crippen molar-refractivity contribution in [1.29, 1.82) is 0 Å². The molecule has 0 amide bonds. The maximum Gasteiger partial charge on any atom is 0.0421 e. The highest BCUT2D eigenvalue weighted by molar-refractivity contribution is 5.31. The molecular formula is C12H21N. The van der Waals surface area contributed by atoms with Gasteiger partial charge in [0.25, 0.3) is 0 Å². The summed E-state index contributed by atoms with van der Waals surface area (Å²) >= 11 is 0. The van der Waals surface area contributed by atoms with Crippen LogP contribution in [0, 0.1) is 11.8 Å². The molecule has 0 unspecified atom stereocenters. The number of aliphatic imine (C=N–C) groups is 1. The molecule has 0 radical (unpaired) electrons. The van der Waals surface area contributed by atoms with Crippen LogP contribution < -0.4 is 0 Å². The molecule has 0 aliphatic rings. The molecule has 0 spiro atoms. The molecule has 0 aromatic heterocycles. The van der Waals surface area contributed by atoms with Gasteiger partial charge in [0, 0.05) is 5.70 Å². The van der Waals surface area contributed by atoms with Crippen molar-refractivity contribution in [2.75, 3.05) is 0 Å². The largest absolute Gasteiger partial charge is 0.269 e. The van der Waals surface area contributed by atoms with E-state index in [0.717, 1.165) is 5.70 Å². The Balaban J connectivity index is 4.54. The van der Waals surface area contributed by atoms with E-state index in [1.807, 2.05) is 0 Å². The molecule has 0 aromatic carbocycles. The van der Waals surface area contributed by atoms with Crippen molar-refractivity contribution in [1.82, 2.24) is 0 Å². The van der Waals surface area contributed by atoms with E-state index in [1.165, 1.54) is 5.57 Å². The zero-order chi connectivity index (χ0) is 10.4. The summed E-state index contributed by atoms with van der Waals surface area (Å²) in [4.78, 5) is 3.99. The van der Waals surface area contributed by atoms with Crippen LogP contribution in [-0.4, -0.2) is 6.72 Å². The predicted octanol–water partition coefficient (Wildman–Crippen LogP) is 3.83. The summed E-state index contributed by atoms with van der Waals surface area (Å²) in [7, 11) is 0. The predicted molar refractivity (Wildman–Crippen MR) is 61.1 cm³/mol. The molecule has 0 aliphatic carbocycles. The summed E-state index contributed by atoms with van der Waals surface area (Å²) in [6.07, 6.45) is 4.20. The van der Waals surface area contributed by atoms with E-state index in [2.05, 4.69) is 58.5 Å². The van der Waals surface area contributed by atoms with E-state index in [0.29, 0.717) is 11.8 Å². The number of hydrogen-bond acceptors (Lipinski definition) is 1. The van der Waals surface area contributed by atoms with Crippen LogP contribution in [0.1, 0.15) is 34.6 Å². The van der Waals surface area contributed by atoms with Crippen molar-refractivity contribution in [3.63, 3.8) is 0 Å². The quantitative estimate of drug-likeness (QED) is 0.459. The molecule has 1 heteroatoms. The molecule has 0 fully saturated rings. The van der Waals surface area contributed by atoms with Gasteiger partial charge in [-0.2, -0.15) is 0 Å². The van der Waals surface area contributed by atoms with Crippen LogP contribution in [0.4, 0.5) is 0 Å². The molecular weight excluding hydrogens is 158 g/mol. The number of allylic oxidation sites excluding steroid dienone is 4. The normalized spacial score (nSPS) is 14.1. The Morgan fingerprint density at radius 1 is 1.08 bits per heavy atom. The second-order valence-corrected chi connectivity index (χ2v) is 3.97. The van der Waals surface area contributed by atoms with Gasteiger partial charge in [-0.05, 0) is 31.6 Å². The molecule has 0 saturated heterocycles. The molecule has 0 atom stereocenters. The first-order valence-electron chi connectivity index (χ1n) is 4.84. The highest BCUT2D eigenvalue weighted by Gasteiger charge is 1.98. The van der Waals surface area contributed by atoms with Crippen molar-refractivity contribution in [3.05, 3.63) is 23.4 Å². The van der Waals surface area contributed by atoms with E-state index >= 15 is 0 Å². The van der Waals surface area contributed by atoms with E-state index < -0.39 is 0 Å². The summed E-state index contributed by atoms with van der Waals surface area (Å²) in [6.45, 7) is 14.3. The SMILES string of the molecule is C=N/C(=C\C=C(/C)C(C)C)C(C)C. The maximum absolute atomic E-state index is 3.99. The third kappa shape index (κ3) is 4.66. The topological polar surface area (TPSA) is 12.4 Å². The van der Waals surface area contributed by atoms with Crippen molar-refractivity contribution in [3.8, 4) is 0 Å². The van der Waals surface area contributed by atoms with Gasteiger partial charge >= 0.3 is 0 Å². The third-order valence-electron chi connectivity index (χ3n) is 2.20. The van der Waals surface area contributed by atoms with Crippen LogP contribution >= 0.6 is 0 Å². The summed E-state index contributed by atoms with van der Waals surface area (Å²) in [5.74, 6) is 1.06. The van der Waals surface area contributed by atoms with Gasteiger partial charge in [-0.3, -0.25) is 4.99 Å². The monoisotopic (exact) mass is 179 g/mol. The fourth-order valence-corrected chi connectivity index (χ4v) is 0.837. The third-order valence-corrected chi connectivity index (χ3v) is 2.20. The summed E-state index contributed by atoms with van der Waals surface area (Å²) < 4.78 is 0. The Bertz CT molecular complexity index is 219. The Morgan fingerprint density at radius 3 is 1.92 bits per heavy atom. The smallest absolute Gasteiger partial charge is 0.0421 e. The van der Waals surface area contributed by atoms with Gasteiger partial charge in [0.2, 0.25) is 0 Å². The first-order valence-corrected chi connectivity index (χ1v) is 4.84. The molecule has 0 aliphatic heterocycles. The average molecular weight is 179 g/mol. The maximum atomic E-state index is 3.99. The van der Waals surface area contributed by atoms with Gasteiger partial charge in [-0.15, -0.1) is 0 Å². The lowest BCUT2D eigenvalue weighted by Gasteiger charge is -2.05. The average Bonchev–Trinajstić information content (AvgIpc) is 2.04. The summed E-state index contributed by atoms with van der Waals surface area (Å²) in [5, 5.41) is 0. The Kier molecular flexibility index (Phi) is 5.36. The van der Waals surface area contributed by atoms with Crippen LogP contribution in [0.5, 0.6) is 0 Å². The van der Waals surface area contributed by atoms with E-state index in [1.54, 1.807) is 0 Å². The van der Waals surface area contributed by atoms with Crippen LogP contribution in [0.15, 0.2) is 28.4 Å². The first-order chi connectivity index (χ1) is 5.99. The molecule has 13 heavy (non-hydrogen) atoms. The molecule has 0 heterocycles. The van der Waals surface area contributed by atoms with Crippen LogP contribution in [0.2, 0.25) is 0 Å². The summed E-state index contributed by atoms with van der Waals surface area (Å²) in [6, 6.07) is 0. The van der Waals surface area contributed by atoms with Crippen molar-refractivity contribution in [2.45, 2.75) is 34.6 Å². The fraction of sp³-hybridized carbons (Fsp3) is 0.583. The van der Waals surface area contributed by atoms with E-state index in [-0.39, 0.29) is 0 Å². The van der Waals surface area contributed by atoms with Crippen molar-refractivity contribution < 1.29 is 0 Å². The Hall–Kier alpha value is -0.850. The highest BCUT2D eigenvalue weighted by atomic mass is 14.7. The second-order valence-electron chi connectivity index (χ2n) is 3.97. The van der Waals surface area contributed by atoms with Crippen LogP contribution in [0.3, 0.4) is 0 Å². The fourth-order valence-electron chi connectivity index (χ4n) is 0.837. The van der Waals surface area contributed by atoms with Gasteiger partial charge in [-0.1, -0.05) is 39.3 Å². The lowest BCUT2D eigenvalue weighted by atomic mass is 10.0. The highest BCUT2D eigenvalue weighted by Crippen LogP contribution is 2.13. The molecule has 1 nitrogen and oxygen atoms in total. The van der Waals surface area contributed by atoms with Gasteiger partial charge in [-0.25, -0.2) is 0 Å². The van der Waals surface area contributed by atoms with Gasteiger partial charge in [0.15, 0.2) is 0 Å². The van der Waals surface area contributed by atoms with Gasteiger partial charge in [0.05, 0.1) is 0 Å². The molecule has 0 N–H and O–H groups in total. The molecule has 74 valence electrons. The molecule has 0 bridgehead atoms. The molecule has 0 aromatic rings. The van der Waals surface area contributed by atoms with Crippen LogP contribution in [0.25, 0.3) is 0 Å². The zero-order valence-corrected chi connectivity index (χ0v) is 9.46. The molecule has 0 saturated carbocycles. The van der Waals surface area contributed by atoms with Gasteiger partial charge < -0.3 is 0 Å².